The normalized spacial score (nSPS) is 18.3. The van der Waals surface area contributed by atoms with Crippen LogP contribution in [0.4, 0.5) is 0 Å². The van der Waals surface area contributed by atoms with Crippen molar-refractivity contribution in [3.05, 3.63) is 0 Å². The van der Waals surface area contributed by atoms with Gasteiger partial charge in [-0.25, -0.2) is 5.84 Å². The maximum atomic E-state index is 11.7. The van der Waals surface area contributed by atoms with E-state index in [-0.39, 0.29) is 24.5 Å². The van der Waals surface area contributed by atoms with Crippen molar-refractivity contribution >= 4 is 11.8 Å². The third kappa shape index (κ3) is 3.67. The number of nitrogens with zero attached hydrogens (tertiary/aromatic N) is 1. The smallest absolute Gasteiger partial charge is 0.251 e. The number of hydrazine groups is 1. The molecule has 0 radical (unpaired) electrons. The topological polar surface area (TPSA) is 101 Å². The lowest BCUT2D eigenvalue weighted by atomic mass is 10.1. The molecule has 6 nitrogen and oxygen atoms in total. The summed E-state index contributed by atoms with van der Waals surface area (Å²) in [5.41, 5.74) is 7.41. The SMILES string of the molecule is CCC(C(=O)NN)N(CC(N)=O)C1CCCC1. The van der Waals surface area contributed by atoms with Gasteiger partial charge in [-0.2, -0.15) is 0 Å². The minimum atomic E-state index is -0.403. The quantitative estimate of drug-likeness (QED) is 0.331. The number of rotatable bonds is 6. The highest BCUT2D eigenvalue weighted by Gasteiger charge is 2.32. The summed E-state index contributed by atoms with van der Waals surface area (Å²) >= 11 is 0. The van der Waals surface area contributed by atoms with E-state index in [4.69, 9.17) is 11.6 Å². The van der Waals surface area contributed by atoms with Gasteiger partial charge in [0.15, 0.2) is 0 Å². The fourth-order valence-corrected chi connectivity index (χ4v) is 2.58. The predicted octanol–water partition coefficient (Wildman–Crippen LogP) is -0.515. The van der Waals surface area contributed by atoms with E-state index in [2.05, 4.69) is 5.43 Å². The first kappa shape index (κ1) is 13.9. The van der Waals surface area contributed by atoms with Gasteiger partial charge in [0.25, 0.3) is 5.91 Å². The molecule has 0 aromatic rings. The van der Waals surface area contributed by atoms with Crippen LogP contribution >= 0.6 is 0 Å². The highest BCUT2D eigenvalue weighted by Crippen LogP contribution is 2.25. The second-order valence-corrected chi connectivity index (χ2v) is 4.51. The number of primary amides is 1. The molecule has 1 saturated carbocycles. The number of carbonyl (C=O) groups is 2. The Morgan fingerprint density at radius 1 is 1.41 bits per heavy atom. The van der Waals surface area contributed by atoms with Crippen LogP contribution in [0.3, 0.4) is 0 Å². The largest absolute Gasteiger partial charge is 0.369 e. The molecule has 0 heterocycles. The van der Waals surface area contributed by atoms with Gasteiger partial charge < -0.3 is 5.73 Å². The van der Waals surface area contributed by atoms with E-state index in [1.54, 1.807) is 0 Å². The van der Waals surface area contributed by atoms with Crippen LogP contribution in [0.2, 0.25) is 0 Å². The van der Waals surface area contributed by atoms with E-state index in [1.165, 1.54) is 0 Å². The zero-order valence-corrected chi connectivity index (χ0v) is 10.3. The Bertz CT molecular complexity index is 277. The lowest BCUT2D eigenvalue weighted by Crippen LogP contribution is -2.54. The second kappa shape index (κ2) is 6.56. The lowest BCUT2D eigenvalue weighted by molar-refractivity contribution is -0.129. The van der Waals surface area contributed by atoms with E-state index in [9.17, 15) is 9.59 Å². The van der Waals surface area contributed by atoms with Crippen LogP contribution in [-0.2, 0) is 9.59 Å². The molecule has 0 bridgehead atoms. The summed E-state index contributed by atoms with van der Waals surface area (Å²) in [4.78, 5) is 24.7. The maximum absolute atomic E-state index is 11.7. The van der Waals surface area contributed by atoms with Gasteiger partial charge in [0.2, 0.25) is 5.91 Å². The summed E-state index contributed by atoms with van der Waals surface area (Å²) in [5.74, 6) is 4.52. The van der Waals surface area contributed by atoms with Crippen molar-refractivity contribution in [3.8, 4) is 0 Å². The molecular formula is C11H22N4O2. The number of nitrogens with two attached hydrogens (primary N) is 2. The molecule has 17 heavy (non-hydrogen) atoms. The zero-order chi connectivity index (χ0) is 12.8. The Balaban J connectivity index is 2.78. The molecule has 1 unspecified atom stereocenters. The molecule has 0 saturated heterocycles. The van der Waals surface area contributed by atoms with Crippen LogP contribution < -0.4 is 17.0 Å². The monoisotopic (exact) mass is 242 g/mol. The van der Waals surface area contributed by atoms with Gasteiger partial charge in [-0.3, -0.25) is 19.9 Å². The summed E-state index contributed by atoms with van der Waals surface area (Å²) in [6.45, 7) is 2.03. The third-order valence-corrected chi connectivity index (χ3v) is 3.36. The average Bonchev–Trinajstić information content (AvgIpc) is 2.81. The van der Waals surface area contributed by atoms with Crippen molar-refractivity contribution in [3.63, 3.8) is 0 Å². The molecule has 1 atom stereocenters. The number of hydrogen-bond donors (Lipinski definition) is 3. The number of amides is 2. The Hall–Kier alpha value is -1.14. The van der Waals surface area contributed by atoms with Gasteiger partial charge in [0.05, 0.1) is 12.6 Å². The highest BCUT2D eigenvalue weighted by atomic mass is 16.2. The van der Waals surface area contributed by atoms with Crippen molar-refractivity contribution < 1.29 is 9.59 Å². The number of carbonyl (C=O) groups excluding carboxylic acids is 2. The lowest BCUT2D eigenvalue weighted by Gasteiger charge is -2.33. The van der Waals surface area contributed by atoms with E-state index >= 15 is 0 Å². The summed E-state index contributed by atoms with van der Waals surface area (Å²) in [6, 6.07) is -0.0969. The third-order valence-electron chi connectivity index (χ3n) is 3.36. The average molecular weight is 242 g/mol. The minimum Gasteiger partial charge on any atom is -0.369 e. The van der Waals surface area contributed by atoms with Crippen molar-refractivity contribution in [1.29, 1.82) is 0 Å². The fourth-order valence-electron chi connectivity index (χ4n) is 2.58. The molecule has 98 valence electrons. The Labute approximate surface area is 102 Å². The maximum Gasteiger partial charge on any atom is 0.251 e. The molecule has 2 amide bonds. The highest BCUT2D eigenvalue weighted by molar-refractivity contribution is 5.82. The first-order chi connectivity index (χ1) is 8.10. The van der Waals surface area contributed by atoms with Crippen LogP contribution in [0.15, 0.2) is 0 Å². The Morgan fingerprint density at radius 2 is 2.00 bits per heavy atom. The fraction of sp³-hybridized carbons (Fsp3) is 0.818. The predicted molar refractivity (Wildman–Crippen MR) is 64.6 cm³/mol. The van der Waals surface area contributed by atoms with Gasteiger partial charge in [-0.15, -0.1) is 0 Å². The van der Waals surface area contributed by atoms with Gasteiger partial charge in [0.1, 0.15) is 0 Å². The van der Waals surface area contributed by atoms with Crippen molar-refractivity contribution in [2.75, 3.05) is 6.54 Å². The minimum absolute atomic E-state index is 0.122. The molecule has 1 fully saturated rings. The van der Waals surface area contributed by atoms with E-state index in [0.717, 1.165) is 25.7 Å². The second-order valence-electron chi connectivity index (χ2n) is 4.51. The van der Waals surface area contributed by atoms with Crippen LogP contribution in [0.5, 0.6) is 0 Å². The molecule has 0 aromatic heterocycles. The van der Waals surface area contributed by atoms with Gasteiger partial charge in [-0.1, -0.05) is 19.8 Å². The summed E-state index contributed by atoms with van der Waals surface area (Å²) < 4.78 is 0. The Kier molecular flexibility index (Phi) is 5.37. The zero-order valence-electron chi connectivity index (χ0n) is 10.3. The van der Waals surface area contributed by atoms with Crippen molar-refractivity contribution in [2.45, 2.75) is 51.1 Å². The molecule has 1 rings (SSSR count). The molecule has 1 aliphatic carbocycles. The molecule has 1 aliphatic rings. The standard InChI is InChI=1S/C11H22N4O2/c1-2-9(11(17)14-13)15(7-10(12)16)8-5-3-4-6-8/h8-9H,2-7,13H2,1H3,(H2,12,16)(H,14,17). The van der Waals surface area contributed by atoms with Crippen LogP contribution in [-0.4, -0.2) is 35.3 Å². The van der Waals surface area contributed by atoms with Crippen LogP contribution in [0.25, 0.3) is 0 Å². The van der Waals surface area contributed by atoms with Gasteiger partial charge in [0, 0.05) is 6.04 Å². The van der Waals surface area contributed by atoms with E-state index in [1.807, 2.05) is 11.8 Å². The van der Waals surface area contributed by atoms with E-state index < -0.39 is 5.91 Å². The summed E-state index contributed by atoms with van der Waals surface area (Å²) in [6.07, 6.45) is 4.93. The molecule has 0 spiro atoms. The Morgan fingerprint density at radius 3 is 2.41 bits per heavy atom. The van der Waals surface area contributed by atoms with Crippen molar-refractivity contribution in [2.24, 2.45) is 11.6 Å². The van der Waals surface area contributed by atoms with Gasteiger partial charge in [-0.05, 0) is 19.3 Å². The van der Waals surface area contributed by atoms with E-state index in [0.29, 0.717) is 6.42 Å². The molecule has 5 N–H and O–H groups in total. The first-order valence-corrected chi connectivity index (χ1v) is 6.14. The van der Waals surface area contributed by atoms with Gasteiger partial charge >= 0.3 is 0 Å². The molecule has 6 heteroatoms. The van der Waals surface area contributed by atoms with Crippen LogP contribution in [0, 0.1) is 0 Å². The molecule has 0 aromatic carbocycles. The number of hydrogen-bond acceptors (Lipinski definition) is 4. The first-order valence-electron chi connectivity index (χ1n) is 6.14. The summed E-state index contributed by atoms with van der Waals surface area (Å²) in [7, 11) is 0. The van der Waals surface area contributed by atoms with Crippen molar-refractivity contribution in [1.82, 2.24) is 10.3 Å². The number of nitrogens with one attached hydrogen (secondary N) is 1. The molecule has 0 aliphatic heterocycles. The van der Waals surface area contributed by atoms with Crippen LogP contribution in [0.1, 0.15) is 39.0 Å². The molecular weight excluding hydrogens is 220 g/mol. The summed E-state index contributed by atoms with van der Waals surface area (Å²) in [5, 5.41) is 0.